The monoisotopic (exact) mass is 595 g/mol. The van der Waals surface area contributed by atoms with E-state index in [0.717, 1.165) is 70.6 Å². The number of aliphatic carboxylic acids is 1. The fourth-order valence-electron chi connectivity index (χ4n) is 12.6. The summed E-state index contributed by atoms with van der Waals surface area (Å²) in [5.74, 6) is 4.59. The number of hydrogen-bond acceptors (Lipinski definition) is 4. The lowest BCUT2D eigenvalue weighted by molar-refractivity contribution is -0.245. The second kappa shape index (κ2) is 11.1. The summed E-state index contributed by atoms with van der Waals surface area (Å²) >= 11 is 0. The third-order valence-corrected chi connectivity index (χ3v) is 14.8. The van der Waals surface area contributed by atoms with Gasteiger partial charge in [0.15, 0.2) is 0 Å². The summed E-state index contributed by atoms with van der Waals surface area (Å²) in [6.07, 6.45) is 17.4. The summed E-state index contributed by atoms with van der Waals surface area (Å²) in [4.78, 5) is 37.9. The van der Waals surface area contributed by atoms with Crippen molar-refractivity contribution in [3.63, 3.8) is 0 Å². The summed E-state index contributed by atoms with van der Waals surface area (Å²) in [7, 11) is 0. The van der Waals surface area contributed by atoms with Crippen molar-refractivity contribution in [3.8, 4) is 12.3 Å². The van der Waals surface area contributed by atoms with Crippen molar-refractivity contribution in [2.75, 3.05) is 6.54 Å². The maximum Gasteiger partial charge on any atom is 0.322 e. The highest BCUT2D eigenvalue weighted by molar-refractivity contribution is 5.86. The van der Waals surface area contributed by atoms with Gasteiger partial charge in [0.1, 0.15) is 12.6 Å². The Bertz CT molecular complexity index is 1170. The Kier molecular flexibility index (Phi) is 8.35. The van der Waals surface area contributed by atoms with Crippen LogP contribution < -0.4 is 5.32 Å². The molecule has 240 valence electrons. The van der Waals surface area contributed by atoms with Gasteiger partial charge in [0, 0.05) is 6.42 Å². The summed E-state index contributed by atoms with van der Waals surface area (Å²) < 4.78 is 6.09. The highest BCUT2D eigenvalue weighted by Gasteiger charge is 2.72. The van der Waals surface area contributed by atoms with Crippen LogP contribution in [-0.4, -0.2) is 35.6 Å². The van der Waals surface area contributed by atoms with E-state index in [2.05, 4.69) is 52.8 Å². The normalized spacial score (nSPS) is 46.9. The molecule has 0 heterocycles. The number of carboxylic acid groups (broad SMARTS) is 1. The van der Waals surface area contributed by atoms with Crippen LogP contribution in [0.15, 0.2) is 0 Å². The second-order valence-electron chi connectivity index (χ2n) is 16.6. The Morgan fingerprint density at radius 3 is 2.28 bits per heavy atom. The lowest BCUT2D eigenvalue weighted by Crippen LogP contribution is -2.67. The smallest absolute Gasteiger partial charge is 0.322 e. The molecule has 0 spiro atoms. The summed E-state index contributed by atoms with van der Waals surface area (Å²) in [5.41, 5.74) is -0.652. The van der Waals surface area contributed by atoms with E-state index in [4.69, 9.17) is 11.2 Å². The zero-order valence-electron chi connectivity index (χ0n) is 27.9. The van der Waals surface area contributed by atoms with Crippen LogP contribution in [0.4, 0.5) is 0 Å². The first-order valence-electron chi connectivity index (χ1n) is 17.3. The Balaban J connectivity index is 1.48. The van der Waals surface area contributed by atoms with Gasteiger partial charge in [-0.1, -0.05) is 47.5 Å². The first-order valence-corrected chi connectivity index (χ1v) is 17.3. The predicted octanol–water partition coefficient (Wildman–Crippen LogP) is 7.25. The first-order chi connectivity index (χ1) is 20.1. The number of nitrogens with one attached hydrogen (secondary N) is 1. The molecule has 0 aromatic heterocycles. The molecule has 5 aliphatic rings. The number of fused-ring (bicyclic) bond motifs is 7. The van der Waals surface area contributed by atoms with Crippen LogP contribution in [0.5, 0.6) is 0 Å². The molecular formula is C37H57NO5. The highest BCUT2D eigenvalue weighted by atomic mass is 16.5. The molecule has 0 bridgehead atoms. The van der Waals surface area contributed by atoms with E-state index in [9.17, 15) is 19.5 Å². The third kappa shape index (κ3) is 4.60. The van der Waals surface area contributed by atoms with Gasteiger partial charge in [-0.2, -0.15) is 0 Å². The van der Waals surface area contributed by atoms with Crippen LogP contribution in [0.1, 0.15) is 126 Å². The number of carbonyl (C=O) groups excluding carboxylic acids is 2. The van der Waals surface area contributed by atoms with Gasteiger partial charge in [0.2, 0.25) is 5.91 Å². The molecule has 0 aliphatic heterocycles. The van der Waals surface area contributed by atoms with E-state index < -0.39 is 16.8 Å². The standard InChI is InChI=1S/C37H57NO5/c1-9-11-30(41)43-28-16-17-34(6)26(33(28,5)10-2)15-18-36(8)27(34)13-12-25-31-24(23(3)4)14-19-37(31,21-20-35(25,36)7)32(42)38-22-29(39)40/h2,23-28,31H,9,11-22H2,1,3-8H3,(H,38,42)(H,39,40)/t24-,25?,26?,27?,28-,31-,33-,34-,35+,36+,37-/m0/s1. The van der Waals surface area contributed by atoms with Crippen molar-refractivity contribution in [1.82, 2.24) is 5.32 Å². The molecular weight excluding hydrogens is 538 g/mol. The van der Waals surface area contributed by atoms with Gasteiger partial charge in [-0.15, -0.1) is 6.42 Å². The SMILES string of the molecule is C#C[C@@]1(C)C2CC[C@]3(C)C(CCC4[C@@H]5[C@H](C(C)C)CC[C@]5(C(=O)NCC(=O)O)CC[C@]43C)[C@@]2(C)CC[C@@H]1OC(=O)CCC. The van der Waals surface area contributed by atoms with E-state index in [1.165, 1.54) is 0 Å². The molecule has 5 rings (SSSR count). The van der Waals surface area contributed by atoms with Crippen LogP contribution in [0.3, 0.4) is 0 Å². The van der Waals surface area contributed by atoms with Gasteiger partial charge in [-0.05, 0) is 129 Å². The number of carbonyl (C=O) groups is 3. The van der Waals surface area contributed by atoms with E-state index in [1.54, 1.807) is 0 Å². The molecule has 0 aromatic rings. The summed E-state index contributed by atoms with van der Waals surface area (Å²) in [5, 5.41) is 12.2. The number of rotatable bonds is 7. The second-order valence-corrected chi connectivity index (χ2v) is 16.6. The molecule has 0 radical (unpaired) electrons. The van der Waals surface area contributed by atoms with Crippen molar-refractivity contribution in [2.45, 2.75) is 132 Å². The maximum atomic E-state index is 13.9. The predicted molar refractivity (Wildman–Crippen MR) is 168 cm³/mol. The van der Waals surface area contributed by atoms with Crippen LogP contribution in [0.25, 0.3) is 0 Å². The molecule has 0 aromatic carbocycles. The summed E-state index contributed by atoms with van der Waals surface area (Å²) in [6.45, 7) is 16.1. The van der Waals surface area contributed by atoms with Gasteiger partial charge in [-0.25, -0.2) is 0 Å². The Morgan fingerprint density at radius 1 is 0.930 bits per heavy atom. The highest BCUT2D eigenvalue weighted by Crippen LogP contribution is 2.77. The Hall–Kier alpha value is -2.03. The van der Waals surface area contributed by atoms with Crippen LogP contribution in [0.2, 0.25) is 0 Å². The minimum atomic E-state index is -0.979. The van der Waals surface area contributed by atoms with Gasteiger partial charge >= 0.3 is 11.9 Å². The van der Waals surface area contributed by atoms with E-state index >= 15 is 0 Å². The number of hydrogen-bond donors (Lipinski definition) is 2. The molecule has 5 saturated carbocycles. The topological polar surface area (TPSA) is 92.7 Å². The largest absolute Gasteiger partial charge is 0.480 e. The average Bonchev–Trinajstić information content (AvgIpc) is 3.35. The van der Waals surface area contributed by atoms with Gasteiger partial charge in [-0.3, -0.25) is 14.4 Å². The third-order valence-electron chi connectivity index (χ3n) is 14.8. The Labute approximate surface area is 260 Å². The van der Waals surface area contributed by atoms with E-state index in [-0.39, 0.29) is 46.7 Å². The molecule has 2 N–H and O–H groups in total. The maximum absolute atomic E-state index is 13.9. The van der Waals surface area contributed by atoms with Crippen molar-refractivity contribution >= 4 is 17.8 Å². The van der Waals surface area contributed by atoms with Crippen molar-refractivity contribution in [2.24, 2.45) is 62.6 Å². The summed E-state index contributed by atoms with van der Waals surface area (Å²) in [6, 6.07) is 0. The van der Waals surface area contributed by atoms with Gasteiger partial charge < -0.3 is 15.2 Å². The lowest BCUT2D eigenvalue weighted by Gasteiger charge is -2.72. The van der Waals surface area contributed by atoms with Crippen LogP contribution in [0, 0.1) is 74.9 Å². The fourth-order valence-corrected chi connectivity index (χ4v) is 12.6. The average molecular weight is 596 g/mol. The first kappa shape index (κ1) is 32.4. The number of ether oxygens (including phenoxy) is 1. The molecule has 5 fully saturated rings. The number of amides is 1. The molecule has 11 atom stereocenters. The van der Waals surface area contributed by atoms with Crippen LogP contribution >= 0.6 is 0 Å². The zero-order chi connectivity index (χ0) is 31.6. The number of esters is 1. The minimum Gasteiger partial charge on any atom is -0.480 e. The molecule has 1 amide bonds. The quantitative estimate of drug-likeness (QED) is 0.239. The zero-order valence-corrected chi connectivity index (χ0v) is 27.9. The van der Waals surface area contributed by atoms with Crippen molar-refractivity contribution in [1.29, 1.82) is 0 Å². The molecule has 6 nitrogen and oxygen atoms in total. The molecule has 43 heavy (non-hydrogen) atoms. The van der Waals surface area contributed by atoms with Crippen molar-refractivity contribution in [3.05, 3.63) is 0 Å². The van der Waals surface area contributed by atoms with Crippen molar-refractivity contribution < 1.29 is 24.2 Å². The van der Waals surface area contributed by atoms with Gasteiger partial charge in [0.25, 0.3) is 0 Å². The number of terminal acetylenes is 1. The number of carboxylic acids is 1. The lowest BCUT2D eigenvalue weighted by atomic mass is 9.32. The van der Waals surface area contributed by atoms with Gasteiger partial charge in [0.05, 0.1) is 10.8 Å². The van der Waals surface area contributed by atoms with Crippen LogP contribution in [-0.2, 0) is 19.1 Å². The Morgan fingerprint density at radius 2 is 1.65 bits per heavy atom. The minimum absolute atomic E-state index is 0.0197. The fraction of sp³-hybridized carbons (Fsp3) is 0.865. The van der Waals surface area contributed by atoms with E-state index in [0.29, 0.717) is 36.0 Å². The van der Waals surface area contributed by atoms with E-state index in [1.807, 2.05) is 6.92 Å². The molecule has 3 unspecified atom stereocenters. The molecule has 5 aliphatic carbocycles. The molecule has 6 heteroatoms. The molecule has 0 saturated heterocycles.